The van der Waals surface area contributed by atoms with Crippen LogP contribution in [0.1, 0.15) is 42.3 Å². The Morgan fingerprint density at radius 1 is 1.48 bits per heavy atom. The summed E-state index contributed by atoms with van der Waals surface area (Å²) in [4.78, 5) is 20.4. The Hall–Kier alpha value is -1.24. The number of thiophene rings is 1. The zero-order chi connectivity index (χ0) is 15.4. The minimum Gasteiger partial charge on any atom is -0.304 e. The van der Waals surface area contributed by atoms with E-state index in [0.29, 0.717) is 19.1 Å². The maximum Gasteiger partial charge on any atom is 0.225 e. The highest BCUT2D eigenvalue weighted by molar-refractivity contribution is 7.14. The molecule has 4 nitrogen and oxygen atoms in total. The molecule has 0 radical (unpaired) electrons. The highest BCUT2D eigenvalue weighted by atomic mass is 32.1. The lowest BCUT2D eigenvalue weighted by atomic mass is 10.2. The summed E-state index contributed by atoms with van der Waals surface area (Å²) in [6.07, 6.45) is 0. The van der Waals surface area contributed by atoms with Crippen LogP contribution in [0.4, 0.5) is 5.13 Å². The first-order valence-corrected chi connectivity index (χ1v) is 8.73. The standard InChI is InChI=1S/C15H21N3OS2/c1-5-18(12(4)19)15-17-13(9-20-15)8-16-11(3)14-7-6-10(2)21-14/h6-7,9,11,16H,5,8H2,1-4H3. The molecule has 114 valence electrons. The summed E-state index contributed by atoms with van der Waals surface area (Å²) in [5.74, 6) is 0.0359. The van der Waals surface area contributed by atoms with E-state index in [4.69, 9.17) is 0 Å². The van der Waals surface area contributed by atoms with Crippen LogP contribution in [0.3, 0.4) is 0 Å². The van der Waals surface area contributed by atoms with E-state index in [0.717, 1.165) is 10.8 Å². The van der Waals surface area contributed by atoms with Gasteiger partial charge in [-0.3, -0.25) is 9.69 Å². The molecule has 1 N–H and O–H groups in total. The Kier molecular flexibility index (Phi) is 5.50. The van der Waals surface area contributed by atoms with Gasteiger partial charge in [0, 0.05) is 41.2 Å². The van der Waals surface area contributed by atoms with Crippen LogP contribution < -0.4 is 10.2 Å². The lowest BCUT2D eigenvalue weighted by molar-refractivity contribution is -0.116. The third-order valence-electron chi connectivity index (χ3n) is 3.24. The van der Waals surface area contributed by atoms with Crippen molar-refractivity contribution in [1.82, 2.24) is 10.3 Å². The Labute approximate surface area is 133 Å². The molecule has 0 aliphatic carbocycles. The first-order chi connectivity index (χ1) is 10.0. The van der Waals surface area contributed by atoms with Crippen molar-refractivity contribution in [2.75, 3.05) is 11.4 Å². The molecule has 0 aromatic carbocycles. The number of nitrogens with zero attached hydrogens (tertiary/aromatic N) is 2. The highest BCUT2D eigenvalue weighted by Gasteiger charge is 2.14. The van der Waals surface area contributed by atoms with Crippen LogP contribution in [-0.4, -0.2) is 17.4 Å². The Balaban J connectivity index is 1.95. The number of nitrogens with one attached hydrogen (secondary N) is 1. The molecule has 1 atom stereocenters. The average molecular weight is 323 g/mol. The minimum atomic E-state index is 0.0359. The topological polar surface area (TPSA) is 45.2 Å². The Bertz CT molecular complexity index is 606. The Morgan fingerprint density at radius 2 is 2.24 bits per heavy atom. The van der Waals surface area contributed by atoms with Gasteiger partial charge >= 0.3 is 0 Å². The summed E-state index contributed by atoms with van der Waals surface area (Å²) < 4.78 is 0. The van der Waals surface area contributed by atoms with Crippen molar-refractivity contribution >= 4 is 33.7 Å². The number of carbonyl (C=O) groups is 1. The van der Waals surface area contributed by atoms with E-state index in [1.54, 1.807) is 11.8 Å². The van der Waals surface area contributed by atoms with Gasteiger partial charge in [0.2, 0.25) is 5.91 Å². The molecule has 2 aromatic rings. The lowest BCUT2D eigenvalue weighted by Crippen LogP contribution is -2.27. The van der Waals surface area contributed by atoms with Crippen molar-refractivity contribution < 1.29 is 4.79 Å². The first kappa shape index (κ1) is 16.1. The smallest absolute Gasteiger partial charge is 0.225 e. The molecule has 2 heterocycles. The number of rotatable bonds is 6. The van der Waals surface area contributed by atoms with Gasteiger partial charge in [0.15, 0.2) is 5.13 Å². The SMILES string of the molecule is CCN(C(C)=O)c1nc(CNC(C)c2ccc(C)s2)cs1. The monoisotopic (exact) mass is 323 g/mol. The van der Waals surface area contributed by atoms with E-state index in [-0.39, 0.29) is 5.91 Å². The minimum absolute atomic E-state index is 0.0359. The van der Waals surface area contributed by atoms with Crippen LogP contribution in [0.5, 0.6) is 0 Å². The fourth-order valence-electron chi connectivity index (χ4n) is 2.04. The predicted octanol–water partition coefficient (Wildman–Crippen LogP) is 3.74. The van der Waals surface area contributed by atoms with Crippen molar-refractivity contribution in [1.29, 1.82) is 0 Å². The molecule has 2 rings (SSSR count). The summed E-state index contributed by atoms with van der Waals surface area (Å²) in [6, 6.07) is 4.62. The van der Waals surface area contributed by atoms with Crippen molar-refractivity contribution in [3.8, 4) is 0 Å². The van der Waals surface area contributed by atoms with Crippen LogP contribution in [0, 0.1) is 6.92 Å². The molecular weight excluding hydrogens is 302 g/mol. The van der Waals surface area contributed by atoms with E-state index in [1.165, 1.54) is 21.1 Å². The van der Waals surface area contributed by atoms with E-state index >= 15 is 0 Å². The van der Waals surface area contributed by atoms with Crippen LogP contribution in [0.15, 0.2) is 17.5 Å². The summed E-state index contributed by atoms with van der Waals surface area (Å²) in [5, 5.41) is 6.27. The summed E-state index contributed by atoms with van der Waals surface area (Å²) in [5.41, 5.74) is 0.981. The van der Waals surface area contributed by atoms with Gasteiger partial charge < -0.3 is 5.32 Å². The maximum atomic E-state index is 11.5. The average Bonchev–Trinajstić information content (AvgIpc) is 3.06. The van der Waals surface area contributed by atoms with Crippen LogP contribution >= 0.6 is 22.7 Å². The quantitative estimate of drug-likeness (QED) is 0.881. The summed E-state index contributed by atoms with van der Waals surface area (Å²) in [6.45, 7) is 9.18. The van der Waals surface area contributed by atoms with Crippen molar-refractivity contribution in [2.24, 2.45) is 0 Å². The molecule has 6 heteroatoms. The number of thiazole rings is 1. The predicted molar refractivity (Wildman–Crippen MR) is 90.1 cm³/mol. The van der Waals surface area contributed by atoms with Crippen molar-refractivity contribution in [3.63, 3.8) is 0 Å². The first-order valence-electron chi connectivity index (χ1n) is 7.03. The molecule has 0 saturated carbocycles. The molecule has 21 heavy (non-hydrogen) atoms. The molecule has 0 bridgehead atoms. The third-order valence-corrected chi connectivity index (χ3v) is 5.34. The summed E-state index contributed by atoms with van der Waals surface area (Å²) in [7, 11) is 0. The number of hydrogen-bond donors (Lipinski definition) is 1. The van der Waals surface area contributed by atoms with E-state index in [9.17, 15) is 4.79 Å². The zero-order valence-electron chi connectivity index (χ0n) is 12.8. The molecule has 0 aliphatic rings. The van der Waals surface area contributed by atoms with Crippen molar-refractivity contribution in [3.05, 3.63) is 33.0 Å². The molecule has 0 saturated heterocycles. The van der Waals surface area contributed by atoms with Gasteiger partial charge in [-0.05, 0) is 32.9 Å². The summed E-state index contributed by atoms with van der Waals surface area (Å²) >= 11 is 3.33. The highest BCUT2D eigenvalue weighted by Crippen LogP contribution is 2.24. The Morgan fingerprint density at radius 3 is 2.81 bits per heavy atom. The second-order valence-electron chi connectivity index (χ2n) is 4.94. The van der Waals surface area contributed by atoms with Gasteiger partial charge in [-0.25, -0.2) is 4.98 Å². The molecule has 1 amide bonds. The largest absolute Gasteiger partial charge is 0.304 e. The number of aromatic nitrogens is 1. The van der Waals surface area contributed by atoms with E-state index < -0.39 is 0 Å². The maximum absolute atomic E-state index is 11.5. The van der Waals surface area contributed by atoms with Crippen molar-refractivity contribution in [2.45, 2.75) is 40.3 Å². The lowest BCUT2D eigenvalue weighted by Gasteiger charge is -2.14. The second-order valence-corrected chi connectivity index (χ2v) is 7.09. The number of amides is 1. The van der Waals surface area contributed by atoms with Gasteiger partial charge in [0.25, 0.3) is 0 Å². The van der Waals surface area contributed by atoms with Crippen LogP contribution in [-0.2, 0) is 11.3 Å². The van der Waals surface area contributed by atoms with Gasteiger partial charge in [0.05, 0.1) is 5.69 Å². The normalized spacial score (nSPS) is 12.4. The molecule has 0 fully saturated rings. The number of anilines is 1. The third kappa shape index (κ3) is 4.12. The number of hydrogen-bond acceptors (Lipinski definition) is 5. The molecule has 0 aliphatic heterocycles. The van der Waals surface area contributed by atoms with E-state index in [1.807, 2.05) is 23.6 Å². The fraction of sp³-hybridized carbons (Fsp3) is 0.467. The van der Waals surface area contributed by atoms with E-state index in [2.05, 4.69) is 36.3 Å². The fourth-order valence-corrected chi connectivity index (χ4v) is 3.87. The number of aryl methyl sites for hydroxylation is 1. The molecule has 1 unspecified atom stereocenters. The molecule has 0 spiro atoms. The zero-order valence-corrected chi connectivity index (χ0v) is 14.5. The number of carbonyl (C=O) groups excluding carboxylic acids is 1. The van der Waals surface area contributed by atoms with Crippen LogP contribution in [0.2, 0.25) is 0 Å². The van der Waals surface area contributed by atoms with Gasteiger partial charge in [-0.15, -0.1) is 22.7 Å². The van der Waals surface area contributed by atoms with Gasteiger partial charge in [-0.1, -0.05) is 0 Å². The van der Waals surface area contributed by atoms with Gasteiger partial charge in [-0.2, -0.15) is 0 Å². The van der Waals surface area contributed by atoms with Crippen LogP contribution in [0.25, 0.3) is 0 Å². The molecule has 2 aromatic heterocycles. The molecular formula is C15H21N3OS2. The second kappa shape index (κ2) is 7.15. The van der Waals surface area contributed by atoms with Gasteiger partial charge in [0.1, 0.15) is 0 Å².